The van der Waals surface area contributed by atoms with Crippen molar-refractivity contribution >= 4 is 22.9 Å². The van der Waals surface area contributed by atoms with Crippen LogP contribution in [0.15, 0.2) is 11.4 Å². The quantitative estimate of drug-likeness (QED) is 0.733. The summed E-state index contributed by atoms with van der Waals surface area (Å²) in [6.07, 6.45) is 4.67. The molecule has 0 aliphatic rings. The lowest BCUT2D eigenvalue weighted by Gasteiger charge is -2.03. The fraction of sp³-hybridized carbons (Fsp3) is 0.545. The molecule has 1 heterocycles. The number of anilines is 1. The summed E-state index contributed by atoms with van der Waals surface area (Å²) in [5, 5.41) is 4.71. The van der Waals surface area contributed by atoms with Crippen molar-refractivity contribution < 1.29 is 4.79 Å². The van der Waals surface area contributed by atoms with Gasteiger partial charge in [-0.15, -0.1) is 11.3 Å². The van der Waals surface area contributed by atoms with E-state index in [-0.39, 0.29) is 5.91 Å². The van der Waals surface area contributed by atoms with Crippen LogP contribution in [0.3, 0.4) is 0 Å². The standard InChI is InChI=1S/C11H18N2OS/c1-2-3-4-5-7-13-11(14)10-9(12)6-8-15-10/h6,8H,2-5,7,12H2,1H3,(H,13,14). The summed E-state index contributed by atoms with van der Waals surface area (Å²) in [6.45, 7) is 2.92. The molecule has 0 aliphatic carbocycles. The van der Waals surface area contributed by atoms with Gasteiger partial charge in [0.05, 0.1) is 5.69 Å². The minimum atomic E-state index is -0.0426. The topological polar surface area (TPSA) is 55.1 Å². The monoisotopic (exact) mass is 226 g/mol. The highest BCUT2D eigenvalue weighted by molar-refractivity contribution is 7.12. The van der Waals surface area contributed by atoms with E-state index in [1.807, 2.05) is 5.38 Å². The van der Waals surface area contributed by atoms with Gasteiger partial charge in [-0.25, -0.2) is 0 Å². The molecule has 0 fully saturated rings. The number of amides is 1. The Labute approximate surface area is 94.7 Å². The van der Waals surface area contributed by atoms with E-state index in [2.05, 4.69) is 12.2 Å². The SMILES string of the molecule is CCCCCCNC(=O)c1sccc1N. The Balaban J connectivity index is 2.22. The van der Waals surface area contributed by atoms with Crippen molar-refractivity contribution in [1.82, 2.24) is 5.32 Å². The zero-order chi connectivity index (χ0) is 11.1. The van der Waals surface area contributed by atoms with Gasteiger partial charge in [0.25, 0.3) is 5.91 Å². The lowest BCUT2D eigenvalue weighted by molar-refractivity contribution is 0.0958. The van der Waals surface area contributed by atoms with E-state index < -0.39 is 0 Å². The summed E-state index contributed by atoms with van der Waals surface area (Å²) in [5.41, 5.74) is 6.22. The van der Waals surface area contributed by atoms with Gasteiger partial charge in [-0.2, -0.15) is 0 Å². The average Bonchev–Trinajstić information content (AvgIpc) is 2.64. The first-order valence-corrected chi connectivity index (χ1v) is 6.24. The number of hydrogen-bond acceptors (Lipinski definition) is 3. The molecule has 84 valence electrons. The fourth-order valence-corrected chi connectivity index (χ4v) is 2.07. The van der Waals surface area contributed by atoms with Crippen LogP contribution in [0.25, 0.3) is 0 Å². The van der Waals surface area contributed by atoms with Crippen molar-refractivity contribution in [3.8, 4) is 0 Å². The van der Waals surface area contributed by atoms with Crippen molar-refractivity contribution in [2.24, 2.45) is 0 Å². The molecular weight excluding hydrogens is 208 g/mol. The molecule has 1 aromatic rings. The van der Waals surface area contributed by atoms with Crippen LogP contribution in [0, 0.1) is 0 Å². The molecule has 1 rings (SSSR count). The number of carbonyl (C=O) groups excluding carboxylic acids is 1. The lowest BCUT2D eigenvalue weighted by Crippen LogP contribution is -2.24. The molecule has 15 heavy (non-hydrogen) atoms. The summed E-state index contributed by atoms with van der Waals surface area (Å²) >= 11 is 1.39. The Morgan fingerprint density at radius 2 is 2.27 bits per heavy atom. The normalized spacial score (nSPS) is 10.2. The first-order valence-electron chi connectivity index (χ1n) is 5.37. The van der Waals surface area contributed by atoms with Gasteiger partial charge in [-0.3, -0.25) is 4.79 Å². The van der Waals surface area contributed by atoms with Crippen molar-refractivity contribution in [2.75, 3.05) is 12.3 Å². The van der Waals surface area contributed by atoms with Crippen LogP contribution in [0.4, 0.5) is 5.69 Å². The van der Waals surface area contributed by atoms with E-state index >= 15 is 0 Å². The third-order valence-electron chi connectivity index (χ3n) is 2.22. The van der Waals surface area contributed by atoms with E-state index in [4.69, 9.17) is 5.73 Å². The molecule has 0 atom stereocenters. The highest BCUT2D eigenvalue weighted by Gasteiger charge is 2.09. The predicted octanol–water partition coefficient (Wildman–Crippen LogP) is 2.64. The summed E-state index contributed by atoms with van der Waals surface area (Å²) in [5.74, 6) is -0.0426. The Hall–Kier alpha value is -1.03. The van der Waals surface area contributed by atoms with Crippen LogP contribution in [-0.2, 0) is 0 Å². The molecule has 0 spiro atoms. The molecule has 0 aromatic carbocycles. The number of carbonyl (C=O) groups is 1. The Bertz CT molecular complexity index is 309. The molecule has 1 aromatic heterocycles. The highest BCUT2D eigenvalue weighted by atomic mass is 32.1. The van der Waals surface area contributed by atoms with Crippen molar-refractivity contribution in [1.29, 1.82) is 0 Å². The number of nitrogen functional groups attached to an aromatic ring is 1. The predicted molar refractivity (Wildman–Crippen MR) is 65.2 cm³/mol. The van der Waals surface area contributed by atoms with Crippen LogP contribution >= 0.6 is 11.3 Å². The third kappa shape index (κ3) is 3.91. The van der Waals surface area contributed by atoms with Crippen molar-refractivity contribution in [3.05, 3.63) is 16.3 Å². The average molecular weight is 226 g/mol. The lowest BCUT2D eigenvalue weighted by atomic mass is 10.2. The minimum absolute atomic E-state index is 0.0426. The maximum atomic E-state index is 11.6. The summed E-state index contributed by atoms with van der Waals surface area (Å²) in [7, 11) is 0. The van der Waals surface area contributed by atoms with Crippen molar-refractivity contribution in [3.63, 3.8) is 0 Å². The summed E-state index contributed by atoms with van der Waals surface area (Å²) in [4.78, 5) is 12.2. The second kappa shape index (κ2) is 6.45. The van der Waals surface area contributed by atoms with Gasteiger partial charge in [0.1, 0.15) is 4.88 Å². The molecule has 0 aliphatic heterocycles. The first-order chi connectivity index (χ1) is 7.25. The number of rotatable bonds is 6. The maximum Gasteiger partial charge on any atom is 0.263 e. The summed E-state index contributed by atoms with van der Waals surface area (Å²) < 4.78 is 0. The van der Waals surface area contributed by atoms with Gasteiger partial charge in [0, 0.05) is 6.54 Å². The highest BCUT2D eigenvalue weighted by Crippen LogP contribution is 2.18. The number of thiophene rings is 1. The number of nitrogens with two attached hydrogens (primary N) is 1. The molecular formula is C11H18N2OS. The zero-order valence-corrected chi connectivity index (χ0v) is 9.90. The summed E-state index contributed by atoms with van der Waals surface area (Å²) in [6, 6.07) is 1.76. The van der Waals surface area contributed by atoms with E-state index in [0.29, 0.717) is 10.6 Å². The molecule has 0 saturated heterocycles. The number of unbranched alkanes of at least 4 members (excludes halogenated alkanes) is 3. The van der Waals surface area contributed by atoms with E-state index in [1.54, 1.807) is 6.07 Å². The van der Waals surface area contributed by atoms with Gasteiger partial charge in [-0.1, -0.05) is 26.2 Å². The van der Waals surface area contributed by atoms with E-state index in [9.17, 15) is 4.79 Å². The maximum absolute atomic E-state index is 11.6. The van der Waals surface area contributed by atoms with Gasteiger partial charge >= 0.3 is 0 Å². The van der Waals surface area contributed by atoms with Crippen LogP contribution in [-0.4, -0.2) is 12.5 Å². The Morgan fingerprint density at radius 3 is 2.87 bits per heavy atom. The van der Waals surface area contributed by atoms with Crippen LogP contribution in [0.1, 0.15) is 42.3 Å². The third-order valence-corrected chi connectivity index (χ3v) is 3.15. The van der Waals surface area contributed by atoms with E-state index in [1.165, 1.54) is 30.6 Å². The molecule has 4 heteroatoms. The molecule has 0 radical (unpaired) electrons. The molecule has 1 amide bonds. The van der Waals surface area contributed by atoms with Crippen molar-refractivity contribution in [2.45, 2.75) is 32.6 Å². The number of nitrogens with one attached hydrogen (secondary N) is 1. The van der Waals surface area contributed by atoms with E-state index in [0.717, 1.165) is 13.0 Å². The van der Waals surface area contributed by atoms with Gasteiger partial charge in [-0.05, 0) is 17.9 Å². The molecule has 3 nitrogen and oxygen atoms in total. The van der Waals surface area contributed by atoms with Gasteiger partial charge < -0.3 is 11.1 Å². The molecule has 3 N–H and O–H groups in total. The fourth-order valence-electron chi connectivity index (χ4n) is 1.34. The smallest absolute Gasteiger partial charge is 0.263 e. The largest absolute Gasteiger partial charge is 0.397 e. The number of hydrogen-bond donors (Lipinski definition) is 2. The van der Waals surface area contributed by atoms with Crippen LogP contribution < -0.4 is 11.1 Å². The second-order valence-corrected chi connectivity index (χ2v) is 4.44. The zero-order valence-electron chi connectivity index (χ0n) is 9.08. The Kier molecular flexibility index (Phi) is 5.18. The molecule has 0 bridgehead atoms. The van der Waals surface area contributed by atoms with Crippen LogP contribution in [0.5, 0.6) is 0 Å². The van der Waals surface area contributed by atoms with Crippen LogP contribution in [0.2, 0.25) is 0 Å². The first kappa shape index (κ1) is 12.0. The molecule has 0 unspecified atom stereocenters. The van der Waals surface area contributed by atoms with Gasteiger partial charge in [0.15, 0.2) is 0 Å². The second-order valence-electron chi connectivity index (χ2n) is 3.52. The van der Waals surface area contributed by atoms with Gasteiger partial charge in [0.2, 0.25) is 0 Å². The Morgan fingerprint density at radius 1 is 1.47 bits per heavy atom. The minimum Gasteiger partial charge on any atom is -0.397 e. The molecule has 0 saturated carbocycles.